The van der Waals surface area contributed by atoms with Gasteiger partial charge in [0.25, 0.3) is 5.91 Å². The van der Waals surface area contributed by atoms with Crippen LogP contribution in [0.1, 0.15) is 44.9 Å². The van der Waals surface area contributed by atoms with Gasteiger partial charge < -0.3 is 15.1 Å². The molecule has 0 bridgehead atoms. The number of carboxylic acid groups (broad SMARTS) is 1. The molecule has 2 heterocycles. The van der Waals surface area contributed by atoms with E-state index in [2.05, 4.69) is 0 Å². The second-order valence-corrected chi connectivity index (χ2v) is 7.52. The number of hydrogen-bond acceptors (Lipinski definition) is 5. The minimum atomic E-state index is -1.51. The van der Waals surface area contributed by atoms with Crippen molar-refractivity contribution in [1.29, 1.82) is 0 Å². The Kier molecular flexibility index (Phi) is 5.40. The number of carboxylic acids is 1. The number of aromatic carboxylic acids is 1. The highest BCUT2D eigenvalue weighted by Crippen LogP contribution is 2.28. The Morgan fingerprint density at radius 1 is 1.09 bits per heavy atom. The molecule has 0 radical (unpaired) electrons. The molecule has 1 amide bonds. The van der Waals surface area contributed by atoms with E-state index in [1.165, 1.54) is 21.7 Å². The number of carbonyl (C=O) groups is 2. The van der Waals surface area contributed by atoms with Crippen LogP contribution in [-0.2, 0) is 6.54 Å². The Bertz CT molecular complexity index is 1240. The van der Waals surface area contributed by atoms with Crippen LogP contribution in [0.25, 0.3) is 0 Å². The molecule has 4 rings (SSSR count). The smallest absolute Gasteiger partial charge is 0.341 e. The normalized spacial score (nSPS) is 14.2. The number of aromatic nitrogens is 1. The van der Waals surface area contributed by atoms with Crippen LogP contribution in [0.5, 0.6) is 5.75 Å². The van der Waals surface area contributed by atoms with Crippen molar-refractivity contribution in [3.63, 3.8) is 0 Å². The van der Waals surface area contributed by atoms with E-state index in [0.29, 0.717) is 5.56 Å². The first-order valence-corrected chi connectivity index (χ1v) is 9.85. The van der Waals surface area contributed by atoms with Gasteiger partial charge in [0, 0.05) is 12.7 Å². The third-order valence-corrected chi connectivity index (χ3v) is 5.49. The molecular weight excluding hydrogens is 417 g/mol. The van der Waals surface area contributed by atoms with Gasteiger partial charge in [0.2, 0.25) is 5.43 Å². The molecule has 3 aromatic rings. The van der Waals surface area contributed by atoms with Crippen molar-refractivity contribution in [2.24, 2.45) is 0 Å². The van der Waals surface area contributed by atoms with Crippen molar-refractivity contribution in [2.75, 3.05) is 11.7 Å². The standard InChI is InChI=1S/C23H20FN3O5/c1-14(16-5-3-2-4-6-16)27-13-25(11-15-7-9-17(24)10-8-15)22(30)19-21(29)20(28)18(23(31)32)12-26(19)27/h2-10,12,14,29H,11,13H2,1H3,(H,31,32). The molecule has 0 saturated carbocycles. The van der Waals surface area contributed by atoms with E-state index in [9.17, 15) is 29.0 Å². The number of pyridine rings is 1. The highest BCUT2D eigenvalue weighted by molar-refractivity contribution is 5.97. The van der Waals surface area contributed by atoms with Crippen LogP contribution in [0.3, 0.4) is 0 Å². The molecule has 8 nitrogen and oxygen atoms in total. The summed E-state index contributed by atoms with van der Waals surface area (Å²) in [6.45, 7) is 2.01. The highest BCUT2D eigenvalue weighted by Gasteiger charge is 2.36. The molecule has 9 heteroatoms. The summed E-state index contributed by atoms with van der Waals surface area (Å²) in [4.78, 5) is 38.6. The molecule has 0 fully saturated rings. The molecule has 0 aliphatic carbocycles. The predicted molar refractivity (Wildman–Crippen MR) is 114 cm³/mol. The summed E-state index contributed by atoms with van der Waals surface area (Å²) in [7, 11) is 0. The number of amides is 1. The number of aromatic hydroxyl groups is 1. The van der Waals surface area contributed by atoms with Gasteiger partial charge in [-0.3, -0.25) is 19.3 Å². The summed E-state index contributed by atoms with van der Waals surface area (Å²) in [5, 5.41) is 21.6. The molecule has 1 aliphatic heterocycles. The first-order valence-electron chi connectivity index (χ1n) is 9.85. The monoisotopic (exact) mass is 437 g/mol. The second-order valence-electron chi connectivity index (χ2n) is 7.52. The van der Waals surface area contributed by atoms with Crippen molar-refractivity contribution in [3.05, 3.63) is 99.2 Å². The van der Waals surface area contributed by atoms with Crippen LogP contribution >= 0.6 is 0 Å². The molecule has 0 saturated heterocycles. The summed E-state index contributed by atoms with van der Waals surface area (Å²) in [6.07, 6.45) is 1.06. The van der Waals surface area contributed by atoms with Gasteiger partial charge in [0.15, 0.2) is 11.4 Å². The van der Waals surface area contributed by atoms with Gasteiger partial charge in [-0.15, -0.1) is 0 Å². The zero-order valence-electron chi connectivity index (χ0n) is 17.1. The van der Waals surface area contributed by atoms with Crippen LogP contribution < -0.4 is 10.4 Å². The molecule has 1 aliphatic rings. The number of nitrogens with zero attached hydrogens (tertiary/aromatic N) is 3. The fraction of sp³-hybridized carbons (Fsp3) is 0.174. The minimum Gasteiger partial charge on any atom is -0.502 e. The zero-order valence-corrected chi connectivity index (χ0v) is 17.1. The maximum atomic E-state index is 13.3. The molecule has 1 unspecified atom stereocenters. The zero-order chi connectivity index (χ0) is 23.0. The second kappa shape index (κ2) is 8.18. The summed E-state index contributed by atoms with van der Waals surface area (Å²) in [6, 6.07) is 14.6. The van der Waals surface area contributed by atoms with Gasteiger partial charge in [0.1, 0.15) is 18.0 Å². The Morgan fingerprint density at radius 3 is 2.38 bits per heavy atom. The SMILES string of the molecule is CC(c1ccccc1)N1CN(Cc2ccc(F)cc2)C(=O)c2c(O)c(=O)c(C(=O)O)cn21. The van der Waals surface area contributed by atoms with E-state index in [0.717, 1.165) is 11.8 Å². The van der Waals surface area contributed by atoms with Crippen LogP contribution in [0.15, 0.2) is 65.6 Å². The van der Waals surface area contributed by atoms with Crippen LogP contribution in [0.2, 0.25) is 0 Å². The number of halogens is 1. The van der Waals surface area contributed by atoms with Gasteiger partial charge >= 0.3 is 5.97 Å². The van der Waals surface area contributed by atoms with Crippen molar-refractivity contribution in [1.82, 2.24) is 9.58 Å². The Balaban J connectivity index is 1.84. The van der Waals surface area contributed by atoms with Crippen molar-refractivity contribution >= 4 is 11.9 Å². The average molecular weight is 437 g/mol. The van der Waals surface area contributed by atoms with Crippen LogP contribution in [0, 0.1) is 5.82 Å². The van der Waals surface area contributed by atoms with E-state index < -0.39 is 34.4 Å². The topological polar surface area (TPSA) is 103 Å². The summed E-state index contributed by atoms with van der Waals surface area (Å²) in [5.41, 5.74) is -0.561. The third kappa shape index (κ3) is 3.68. The van der Waals surface area contributed by atoms with E-state index in [1.54, 1.807) is 17.1 Å². The number of fused-ring (bicyclic) bond motifs is 1. The quantitative estimate of drug-likeness (QED) is 0.636. The van der Waals surface area contributed by atoms with E-state index in [1.807, 2.05) is 37.3 Å². The molecule has 164 valence electrons. The fourth-order valence-corrected chi connectivity index (χ4v) is 3.75. The fourth-order valence-electron chi connectivity index (χ4n) is 3.75. The number of rotatable bonds is 5. The van der Waals surface area contributed by atoms with Crippen molar-refractivity contribution in [2.45, 2.75) is 19.5 Å². The lowest BCUT2D eigenvalue weighted by Gasteiger charge is -2.43. The Hall–Kier alpha value is -4.14. The summed E-state index contributed by atoms with van der Waals surface area (Å²) in [5.74, 6) is -3.48. The van der Waals surface area contributed by atoms with Crippen molar-refractivity contribution < 1.29 is 24.2 Å². The van der Waals surface area contributed by atoms with Gasteiger partial charge in [-0.05, 0) is 30.2 Å². The molecule has 1 atom stereocenters. The largest absolute Gasteiger partial charge is 0.502 e. The lowest BCUT2D eigenvalue weighted by atomic mass is 10.1. The first kappa shape index (κ1) is 21.1. The van der Waals surface area contributed by atoms with E-state index in [-0.39, 0.29) is 24.9 Å². The molecular formula is C23H20FN3O5. The Morgan fingerprint density at radius 2 is 1.75 bits per heavy atom. The Labute approximate surface area is 182 Å². The lowest BCUT2D eigenvalue weighted by Crippen LogP contribution is -2.54. The van der Waals surface area contributed by atoms with Crippen LogP contribution in [0.4, 0.5) is 4.39 Å². The van der Waals surface area contributed by atoms with Crippen molar-refractivity contribution in [3.8, 4) is 5.75 Å². The highest BCUT2D eigenvalue weighted by atomic mass is 19.1. The number of benzene rings is 2. The molecule has 0 spiro atoms. The molecule has 1 aromatic heterocycles. The first-order chi connectivity index (χ1) is 15.3. The molecule has 2 aromatic carbocycles. The van der Waals surface area contributed by atoms with Gasteiger partial charge in [-0.2, -0.15) is 0 Å². The predicted octanol–water partition coefficient (Wildman–Crippen LogP) is 2.70. The summed E-state index contributed by atoms with van der Waals surface area (Å²) < 4.78 is 14.5. The van der Waals surface area contributed by atoms with E-state index in [4.69, 9.17) is 0 Å². The average Bonchev–Trinajstić information content (AvgIpc) is 2.79. The van der Waals surface area contributed by atoms with Gasteiger partial charge in [-0.25, -0.2) is 9.18 Å². The maximum absolute atomic E-state index is 13.3. The van der Waals surface area contributed by atoms with Gasteiger partial charge in [0.05, 0.1) is 6.04 Å². The summed E-state index contributed by atoms with van der Waals surface area (Å²) >= 11 is 0. The van der Waals surface area contributed by atoms with Crippen LogP contribution in [-0.4, -0.2) is 38.3 Å². The van der Waals surface area contributed by atoms with Gasteiger partial charge in [-0.1, -0.05) is 42.5 Å². The number of hydrogen-bond donors (Lipinski definition) is 2. The lowest BCUT2D eigenvalue weighted by molar-refractivity contribution is 0.0648. The molecule has 2 N–H and O–H groups in total. The minimum absolute atomic E-state index is 0.0423. The third-order valence-electron chi connectivity index (χ3n) is 5.49. The maximum Gasteiger partial charge on any atom is 0.341 e. The molecule has 32 heavy (non-hydrogen) atoms. The van der Waals surface area contributed by atoms with E-state index >= 15 is 0 Å². The number of carbonyl (C=O) groups excluding carboxylic acids is 1.